The Morgan fingerprint density at radius 3 is 2.50 bits per heavy atom. The number of ether oxygens (including phenoxy) is 1. The fourth-order valence-corrected chi connectivity index (χ4v) is 1.85. The third kappa shape index (κ3) is 3.95. The number of benzene rings is 2. The second-order valence-corrected chi connectivity index (χ2v) is 4.36. The van der Waals surface area contributed by atoms with E-state index in [1.807, 2.05) is 31.2 Å². The molecule has 2 aromatic carbocycles. The van der Waals surface area contributed by atoms with Gasteiger partial charge in [-0.25, -0.2) is 8.78 Å². The van der Waals surface area contributed by atoms with Crippen molar-refractivity contribution in [1.82, 2.24) is 0 Å². The first-order chi connectivity index (χ1) is 9.69. The Labute approximate surface area is 117 Å². The van der Waals surface area contributed by atoms with E-state index in [9.17, 15) is 8.78 Å². The van der Waals surface area contributed by atoms with Crippen LogP contribution < -0.4 is 10.1 Å². The van der Waals surface area contributed by atoms with Crippen LogP contribution in [0.1, 0.15) is 24.5 Å². The minimum absolute atomic E-state index is 0.0482. The molecule has 2 aromatic rings. The molecule has 0 aliphatic rings. The zero-order chi connectivity index (χ0) is 14.4. The van der Waals surface area contributed by atoms with Crippen LogP contribution in [0.3, 0.4) is 0 Å². The highest BCUT2D eigenvalue weighted by molar-refractivity contribution is 5.48. The summed E-state index contributed by atoms with van der Waals surface area (Å²) in [4.78, 5) is 0. The minimum Gasteiger partial charge on any atom is -0.494 e. The van der Waals surface area contributed by atoms with E-state index < -0.39 is 6.43 Å². The molecule has 0 fully saturated rings. The maximum atomic E-state index is 12.4. The van der Waals surface area contributed by atoms with Crippen molar-refractivity contribution >= 4 is 5.69 Å². The van der Waals surface area contributed by atoms with Gasteiger partial charge in [0.25, 0.3) is 6.43 Å². The molecule has 0 radical (unpaired) electrons. The Morgan fingerprint density at radius 2 is 1.85 bits per heavy atom. The number of hydrogen-bond donors (Lipinski definition) is 1. The highest BCUT2D eigenvalue weighted by Crippen LogP contribution is 2.20. The molecule has 1 N–H and O–H groups in total. The molecule has 0 saturated carbocycles. The third-order valence-corrected chi connectivity index (χ3v) is 2.87. The number of nitrogens with one attached hydrogen (secondary N) is 1. The smallest absolute Gasteiger partial charge is 0.263 e. The maximum absolute atomic E-state index is 12.4. The van der Waals surface area contributed by atoms with Crippen molar-refractivity contribution in [2.75, 3.05) is 11.9 Å². The van der Waals surface area contributed by atoms with Gasteiger partial charge in [0.2, 0.25) is 0 Å². The molecule has 4 heteroatoms. The second kappa shape index (κ2) is 6.89. The van der Waals surface area contributed by atoms with Crippen molar-refractivity contribution in [2.24, 2.45) is 0 Å². The van der Waals surface area contributed by atoms with Gasteiger partial charge in [0.15, 0.2) is 0 Å². The quantitative estimate of drug-likeness (QED) is 0.830. The number of anilines is 1. The lowest BCUT2D eigenvalue weighted by atomic mass is 10.1. The maximum Gasteiger partial charge on any atom is 0.263 e. The van der Waals surface area contributed by atoms with E-state index in [0.717, 1.165) is 17.0 Å². The zero-order valence-electron chi connectivity index (χ0n) is 11.3. The normalized spacial score (nSPS) is 10.6. The van der Waals surface area contributed by atoms with E-state index in [1.54, 1.807) is 12.1 Å². The molecule has 0 aromatic heterocycles. The van der Waals surface area contributed by atoms with Gasteiger partial charge in [-0.15, -0.1) is 0 Å². The zero-order valence-corrected chi connectivity index (χ0v) is 11.3. The molecule has 0 aliphatic carbocycles. The van der Waals surface area contributed by atoms with Crippen LogP contribution in [0, 0.1) is 0 Å². The fourth-order valence-electron chi connectivity index (χ4n) is 1.85. The molecule has 0 unspecified atom stereocenters. The third-order valence-electron chi connectivity index (χ3n) is 2.87. The van der Waals surface area contributed by atoms with Gasteiger partial charge in [-0.2, -0.15) is 0 Å². The summed E-state index contributed by atoms with van der Waals surface area (Å²) < 4.78 is 30.3. The first-order valence-electron chi connectivity index (χ1n) is 6.52. The van der Waals surface area contributed by atoms with E-state index in [1.165, 1.54) is 12.1 Å². The number of hydrogen-bond acceptors (Lipinski definition) is 2. The Hall–Kier alpha value is -2.10. The lowest BCUT2D eigenvalue weighted by molar-refractivity contribution is 0.151. The monoisotopic (exact) mass is 277 g/mol. The first-order valence-corrected chi connectivity index (χ1v) is 6.52. The van der Waals surface area contributed by atoms with Crippen molar-refractivity contribution < 1.29 is 13.5 Å². The molecule has 0 atom stereocenters. The van der Waals surface area contributed by atoms with Gasteiger partial charge in [0, 0.05) is 23.9 Å². The van der Waals surface area contributed by atoms with Crippen LogP contribution in [0.4, 0.5) is 14.5 Å². The largest absolute Gasteiger partial charge is 0.494 e. The van der Waals surface area contributed by atoms with E-state index >= 15 is 0 Å². The predicted molar refractivity (Wildman–Crippen MR) is 76.3 cm³/mol. The molecule has 0 saturated heterocycles. The van der Waals surface area contributed by atoms with Gasteiger partial charge in [0.1, 0.15) is 5.75 Å². The summed E-state index contributed by atoms with van der Waals surface area (Å²) in [6.07, 6.45) is -2.42. The Kier molecular flexibility index (Phi) is 4.93. The predicted octanol–water partition coefficient (Wildman–Crippen LogP) is 4.64. The van der Waals surface area contributed by atoms with Crippen LogP contribution in [0.25, 0.3) is 0 Å². The first kappa shape index (κ1) is 14.3. The van der Waals surface area contributed by atoms with Gasteiger partial charge < -0.3 is 10.1 Å². The van der Waals surface area contributed by atoms with Gasteiger partial charge in [-0.3, -0.25) is 0 Å². The molecule has 106 valence electrons. The average Bonchev–Trinajstić information content (AvgIpc) is 2.46. The second-order valence-electron chi connectivity index (χ2n) is 4.36. The lowest BCUT2D eigenvalue weighted by Gasteiger charge is -2.09. The van der Waals surface area contributed by atoms with E-state index in [2.05, 4.69) is 5.32 Å². The van der Waals surface area contributed by atoms with Crippen molar-refractivity contribution in [2.45, 2.75) is 19.9 Å². The van der Waals surface area contributed by atoms with Crippen molar-refractivity contribution in [3.63, 3.8) is 0 Å². The van der Waals surface area contributed by atoms with Gasteiger partial charge >= 0.3 is 0 Å². The topological polar surface area (TPSA) is 21.3 Å². The van der Waals surface area contributed by atoms with E-state index in [-0.39, 0.29) is 5.56 Å². The minimum atomic E-state index is -2.42. The molecule has 0 aliphatic heterocycles. The Bertz CT molecular complexity index is 540. The van der Waals surface area contributed by atoms with Crippen LogP contribution in [0.5, 0.6) is 5.75 Å². The van der Waals surface area contributed by atoms with Crippen molar-refractivity contribution in [1.29, 1.82) is 0 Å². The summed E-state index contributed by atoms with van der Waals surface area (Å²) in [5.41, 5.74) is 1.94. The highest BCUT2D eigenvalue weighted by atomic mass is 19.3. The highest BCUT2D eigenvalue weighted by Gasteiger charge is 2.05. The lowest BCUT2D eigenvalue weighted by Crippen LogP contribution is -2.00. The molecule has 0 heterocycles. The molecule has 0 bridgehead atoms. The molecule has 0 spiro atoms. The Balaban J connectivity index is 1.96. The van der Waals surface area contributed by atoms with Crippen LogP contribution in [-0.2, 0) is 6.54 Å². The van der Waals surface area contributed by atoms with Crippen LogP contribution in [-0.4, -0.2) is 6.61 Å². The summed E-state index contributed by atoms with van der Waals surface area (Å²) in [5, 5.41) is 3.24. The van der Waals surface area contributed by atoms with Gasteiger partial charge in [0.05, 0.1) is 6.61 Å². The van der Waals surface area contributed by atoms with Gasteiger partial charge in [-0.1, -0.05) is 30.3 Å². The molecule has 0 amide bonds. The summed E-state index contributed by atoms with van der Waals surface area (Å²) in [7, 11) is 0. The average molecular weight is 277 g/mol. The summed E-state index contributed by atoms with van der Waals surface area (Å²) >= 11 is 0. The summed E-state index contributed by atoms with van der Waals surface area (Å²) in [6, 6.07) is 14.0. The van der Waals surface area contributed by atoms with Crippen molar-refractivity contribution in [3.05, 3.63) is 59.7 Å². The van der Waals surface area contributed by atoms with Gasteiger partial charge in [-0.05, 0) is 24.6 Å². The molecule has 20 heavy (non-hydrogen) atoms. The van der Waals surface area contributed by atoms with Crippen molar-refractivity contribution in [3.8, 4) is 5.75 Å². The summed E-state index contributed by atoms with van der Waals surface area (Å²) in [5.74, 6) is 0.811. The molecular weight excluding hydrogens is 260 g/mol. The molecule has 2 nitrogen and oxygen atoms in total. The fraction of sp³-hybridized carbons (Fsp3) is 0.250. The van der Waals surface area contributed by atoms with Crippen LogP contribution in [0.2, 0.25) is 0 Å². The number of halogens is 2. The summed E-state index contributed by atoms with van der Waals surface area (Å²) in [6.45, 7) is 3.14. The van der Waals surface area contributed by atoms with Crippen LogP contribution in [0.15, 0.2) is 48.5 Å². The van der Waals surface area contributed by atoms with E-state index in [0.29, 0.717) is 13.2 Å². The van der Waals surface area contributed by atoms with E-state index in [4.69, 9.17) is 4.74 Å². The molecular formula is C16H17F2NO. The number of alkyl halides is 2. The standard InChI is InChI=1S/C16H17F2NO/c1-2-20-15-5-3-4-14(10-15)19-11-12-6-8-13(9-7-12)16(17)18/h3-10,16,19H,2,11H2,1H3. The van der Waals surface area contributed by atoms with Crippen LogP contribution >= 0.6 is 0 Å². The number of rotatable bonds is 6. The Morgan fingerprint density at radius 1 is 1.10 bits per heavy atom. The molecule has 2 rings (SSSR count). The SMILES string of the molecule is CCOc1cccc(NCc2ccc(C(F)F)cc2)c1.